The molecule has 1 aromatic carbocycles. The third-order valence-corrected chi connectivity index (χ3v) is 7.58. The average molecular weight is 337 g/mol. The van der Waals surface area contributed by atoms with E-state index in [9.17, 15) is 13.2 Å². The smallest absolute Gasteiger partial charge is 0.257 e. The number of benzene rings is 1. The highest BCUT2D eigenvalue weighted by atomic mass is 32.2. The molecule has 5 nitrogen and oxygen atoms in total. The van der Waals surface area contributed by atoms with E-state index in [-0.39, 0.29) is 11.2 Å². The number of amides is 1. The van der Waals surface area contributed by atoms with Gasteiger partial charge in [0.25, 0.3) is 5.91 Å². The molecule has 1 heterocycles. The van der Waals surface area contributed by atoms with Crippen LogP contribution >= 0.6 is 0 Å². The van der Waals surface area contributed by atoms with Gasteiger partial charge in [0.1, 0.15) is 5.75 Å². The molecule has 0 unspecified atom stereocenters. The zero-order valence-electron chi connectivity index (χ0n) is 13.4. The van der Waals surface area contributed by atoms with E-state index in [1.165, 1.54) is 7.11 Å². The molecule has 0 radical (unpaired) electrons. The van der Waals surface area contributed by atoms with Crippen LogP contribution in [-0.4, -0.2) is 49.9 Å². The summed E-state index contributed by atoms with van der Waals surface area (Å²) >= 11 is 0. The van der Waals surface area contributed by atoms with Gasteiger partial charge in [-0.2, -0.15) is 0 Å². The van der Waals surface area contributed by atoms with E-state index < -0.39 is 15.1 Å². The summed E-state index contributed by atoms with van der Waals surface area (Å²) in [5.74, 6) is 0.369. The van der Waals surface area contributed by atoms with Gasteiger partial charge in [0.15, 0.2) is 9.84 Å². The molecule has 0 atom stereocenters. The van der Waals surface area contributed by atoms with Gasteiger partial charge in [-0.3, -0.25) is 4.79 Å². The summed E-state index contributed by atoms with van der Waals surface area (Å²) in [4.78, 5) is 14.1. The lowest BCUT2D eigenvalue weighted by molar-refractivity contribution is 0.0654. The number of hydrogen-bond donors (Lipinski definition) is 0. The minimum Gasteiger partial charge on any atom is -0.496 e. The molecule has 1 aliphatic carbocycles. The maximum atomic E-state index is 12.6. The summed E-state index contributed by atoms with van der Waals surface area (Å²) in [7, 11) is -1.59. The molecule has 2 aliphatic rings. The largest absolute Gasteiger partial charge is 0.496 e. The molecule has 3 rings (SSSR count). The predicted molar refractivity (Wildman–Crippen MR) is 88.5 cm³/mol. The van der Waals surface area contributed by atoms with Gasteiger partial charge < -0.3 is 9.64 Å². The van der Waals surface area contributed by atoms with Crippen molar-refractivity contribution < 1.29 is 17.9 Å². The van der Waals surface area contributed by atoms with Gasteiger partial charge in [0, 0.05) is 13.1 Å². The van der Waals surface area contributed by atoms with E-state index in [0.29, 0.717) is 24.4 Å². The van der Waals surface area contributed by atoms with E-state index in [1.807, 2.05) is 6.07 Å². The van der Waals surface area contributed by atoms with Crippen molar-refractivity contribution in [3.05, 3.63) is 29.8 Å². The van der Waals surface area contributed by atoms with Crippen molar-refractivity contribution in [2.24, 2.45) is 0 Å². The van der Waals surface area contributed by atoms with Gasteiger partial charge >= 0.3 is 0 Å². The highest BCUT2D eigenvalue weighted by Crippen LogP contribution is 2.31. The molecule has 1 aliphatic heterocycles. The molecule has 2 fully saturated rings. The monoisotopic (exact) mass is 337 g/mol. The first kappa shape index (κ1) is 16.3. The first-order valence-electron chi connectivity index (χ1n) is 8.19. The third-order valence-electron chi connectivity index (χ3n) is 4.95. The standard InChI is InChI=1S/C17H23NO4S/c1-22-16-10-6-5-9-15(16)17(19)18-11-14(12-18)23(20,21)13-7-3-2-4-8-13/h5-6,9-10,13-14H,2-4,7-8,11-12H2,1H3. The Kier molecular flexibility index (Phi) is 4.62. The summed E-state index contributed by atoms with van der Waals surface area (Å²) in [6.45, 7) is 0.603. The lowest BCUT2D eigenvalue weighted by Crippen LogP contribution is -2.58. The Balaban J connectivity index is 1.65. The van der Waals surface area contributed by atoms with Crippen LogP contribution in [0.5, 0.6) is 5.75 Å². The molecular formula is C17H23NO4S. The zero-order valence-corrected chi connectivity index (χ0v) is 14.2. The Hall–Kier alpha value is -1.56. The summed E-state index contributed by atoms with van der Waals surface area (Å²) in [5.41, 5.74) is 0.489. The highest BCUT2D eigenvalue weighted by molar-refractivity contribution is 7.92. The molecule has 0 spiro atoms. The fraction of sp³-hybridized carbons (Fsp3) is 0.588. The number of methoxy groups -OCH3 is 1. The van der Waals surface area contributed by atoms with Crippen molar-refractivity contribution >= 4 is 15.7 Å². The van der Waals surface area contributed by atoms with Crippen LogP contribution < -0.4 is 4.74 Å². The molecule has 0 N–H and O–H groups in total. The van der Waals surface area contributed by atoms with Crippen molar-refractivity contribution in [1.29, 1.82) is 0 Å². The number of likely N-dealkylation sites (tertiary alicyclic amines) is 1. The Bertz CT molecular complexity index is 674. The van der Waals surface area contributed by atoms with Gasteiger partial charge in [-0.15, -0.1) is 0 Å². The molecular weight excluding hydrogens is 314 g/mol. The molecule has 0 aromatic heterocycles. The van der Waals surface area contributed by atoms with Crippen molar-refractivity contribution in [3.63, 3.8) is 0 Å². The molecule has 126 valence electrons. The molecule has 0 bridgehead atoms. The molecule has 1 saturated carbocycles. The van der Waals surface area contributed by atoms with Crippen molar-refractivity contribution in [3.8, 4) is 5.75 Å². The Morgan fingerprint density at radius 2 is 1.74 bits per heavy atom. The molecule has 1 aromatic rings. The lowest BCUT2D eigenvalue weighted by Gasteiger charge is -2.41. The molecule has 1 amide bonds. The fourth-order valence-corrected chi connectivity index (χ4v) is 5.78. The van der Waals surface area contributed by atoms with Crippen LogP contribution in [0.2, 0.25) is 0 Å². The number of carbonyl (C=O) groups is 1. The number of carbonyl (C=O) groups excluding carboxylic acids is 1. The van der Waals surface area contributed by atoms with Crippen LogP contribution in [0.15, 0.2) is 24.3 Å². The van der Waals surface area contributed by atoms with Crippen LogP contribution in [0.4, 0.5) is 0 Å². The van der Waals surface area contributed by atoms with E-state index in [4.69, 9.17) is 4.74 Å². The van der Waals surface area contributed by atoms with Crippen LogP contribution in [-0.2, 0) is 9.84 Å². The number of hydrogen-bond acceptors (Lipinski definition) is 4. The van der Waals surface area contributed by atoms with Crippen LogP contribution in [0.3, 0.4) is 0 Å². The number of nitrogens with zero attached hydrogens (tertiary/aromatic N) is 1. The second-order valence-corrected chi connectivity index (χ2v) is 8.89. The van der Waals surface area contributed by atoms with Crippen LogP contribution in [0.25, 0.3) is 0 Å². The first-order chi connectivity index (χ1) is 11.0. The van der Waals surface area contributed by atoms with Crippen LogP contribution in [0, 0.1) is 0 Å². The van der Waals surface area contributed by atoms with E-state index in [0.717, 1.165) is 32.1 Å². The van der Waals surface area contributed by atoms with E-state index in [2.05, 4.69) is 0 Å². The van der Waals surface area contributed by atoms with E-state index in [1.54, 1.807) is 23.1 Å². The Morgan fingerprint density at radius 3 is 2.39 bits per heavy atom. The summed E-state index contributed by atoms with van der Waals surface area (Å²) in [6.07, 6.45) is 4.69. The molecule has 1 saturated heterocycles. The van der Waals surface area contributed by atoms with Crippen molar-refractivity contribution in [2.45, 2.75) is 42.6 Å². The Labute approximate surface area is 137 Å². The maximum absolute atomic E-state index is 12.6. The molecule has 23 heavy (non-hydrogen) atoms. The fourth-order valence-electron chi connectivity index (χ4n) is 3.47. The quantitative estimate of drug-likeness (QED) is 0.845. The van der Waals surface area contributed by atoms with Gasteiger partial charge in [0.2, 0.25) is 0 Å². The second-order valence-electron chi connectivity index (χ2n) is 6.38. The highest BCUT2D eigenvalue weighted by Gasteiger charge is 2.44. The number of para-hydroxylation sites is 1. The van der Waals surface area contributed by atoms with Gasteiger partial charge in [-0.25, -0.2) is 8.42 Å². The minimum atomic E-state index is -3.11. The van der Waals surface area contributed by atoms with Crippen molar-refractivity contribution in [2.75, 3.05) is 20.2 Å². The topological polar surface area (TPSA) is 63.7 Å². The Morgan fingerprint density at radius 1 is 1.09 bits per heavy atom. The molecule has 6 heteroatoms. The zero-order chi connectivity index (χ0) is 16.4. The van der Waals surface area contributed by atoms with Crippen LogP contribution in [0.1, 0.15) is 42.5 Å². The average Bonchev–Trinajstić information content (AvgIpc) is 2.54. The van der Waals surface area contributed by atoms with Gasteiger partial charge in [0.05, 0.1) is 23.2 Å². The summed E-state index contributed by atoms with van der Waals surface area (Å²) in [6, 6.07) is 7.04. The van der Waals surface area contributed by atoms with Crippen molar-refractivity contribution in [1.82, 2.24) is 4.90 Å². The predicted octanol–water partition coefficient (Wildman–Crippen LogP) is 2.27. The SMILES string of the molecule is COc1ccccc1C(=O)N1CC(S(=O)(=O)C2CCCCC2)C1. The summed E-state index contributed by atoms with van der Waals surface area (Å²) in [5, 5.41) is -0.603. The number of ether oxygens (including phenoxy) is 1. The summed E-state index contributed by atoms with van der Waals surface area (Å²) < 4.78 is 30.5. The second kappa shape index (κ2) is 6.51. The van der Waals surface area contributed by atoms with Gasteiger partial charge in [-0.05, 0) is 25.0 Å². The number of rotatable bonds is 4. The van der Waals surface area contributed by atoms with E-state index >= 15 is 0 Å². The number of sulfone groups is 1. The normalized spacial score (nSPS) is 20.1. The first-order valence-corrected chi connectivity index (χ1v) is 9.80. The lowest BCUT2D eigenvalue weighted by atomic mass is 10.0. The third kappa shape index (κ3) is 3.09. The van der Waals surface area contributed by atoms with Gasteiger partial charge in [-0.1, -0.05) is 31.4 Å². The maximum Gasteiger partial charge on any atom is 0.257 e. The minimum absolute atomic E-state index is 0.155.